The third-order valence-corrected chi connectivity index (χ3v) is 4.38. The predicted octanol–water partition coefficient (Wildman–Crippen LogP) is 5.24. The van der Waals surface area contributed by atoms with E-state index in [-0.39, 0.29) is 5.97 Å². The average molecular weight is 434 g/mol. The molecule has 2 aromatic rings. The number of esters is 2. The van der Waals surface area contributed by atoms with Crippen molar-refractivity contribution in [1.82, 2.24) is 0 Å². The Kier molecular flexibility index (Phi) is 10.3. The van der Waals surface area contributed by atoms with Gasteiger partial charge in [0.1, 0.15) is 11.5 Å². The Balaban J connectivity index is 1.62. The first kappa shape index (κ1) is 24.4. The molecule has 0 N–H and O–H groups in total. The van der Waals surface area contributed by atoms with E-state index < -0.39 is 5.97 Å². The van der Waals surface area contributed by atoms with E-state index in [1.165, 1.54) is 6.08 Å². The van der Waals surface area contributed by atoms with Crippen LogP contribution >= 0.6 is 0 Å². The van der Waals surface area contributed by atoms with Gasteiger partial charge in [-0.2, -0.15) is 5.26 Å². The van der Waals surface area contributed by atoms with Gasteiger partial charge in [-0.15, -0.1) is 0 Å². The van der Waals surface area contributed by atoms with Gasteiger partial charge in [-0.1, -0.05) is 18.7 Å². The summed E-state index contributed by atoms with van der Waals surface area (Å²) in [7, 11) is 0. The second-order valence-electron chi connectivity index (χ2n) is 7.14. The fourth-order valence-electron chi connectivity index (χ4n) is 2.62. The zero-order chi connectivity index (χ0) is 23.2. The summed E-state index contributed by atoms with van der Waals surface area (Å²) >= 11 is 0. The number of rotatable bonds is 12. The van der Waals surface area contributed by atoms with E-state index in [2.05, 4.69) is 6.58 Å². The molecule has 6 heteroatoms. The minimum absolute atomic E-state index is 0.343. The second kappa shape index (κ2) is 13.5. The molecule has 0 amide bonds. The molecule has 166 valence electrons. The maximum absolute atomic E-state index is 12.0. The van der Waals surface area contributed by atoms with Gasteiger partial charge in [0.05, 0.1) is 24.8 Å². The third kappa shape index (κ3) is 9.31. The minimum Gasteiger partial charge on any atom is -0.494 e. The molecule has 0 aliphatic rings. The molecule has 32 heavy (non-hydrogen) atoms. The lowest BCUT2D eigenvalue weighted by atomic mass is 10.1. The molecule has 0 aromatic heterocycles. The molecule has 0 unspecified atom stereocenters. The number of nitriles is 1. The molecule has 0 atom stereocenters. The lowest BCUT2D eigenvalue weighted by Crippen LogP contribution is -2.06. The van der Waals surface area contributed by atoms with Crippen LogP contribution in [0.15, 0.2) is 66.8 Å². The number of hydrogen-bond donors (Lipinski definition) is 0. The molecular formula is C26H27NO5. The molecule has 2 aromatic carbocycles. The van der Waals surface area contributed by atoms with Crippen molar-refractivity contribution in [2.75, 3.05) is 13.2 Å². The van der Waals surface area contributed by atoms with Crippen LogP contribution in [0.3, 0.4) is 0 Å². The van der Waals surface area contributed by atoms with Gasteiger partial charge in [-0.3, -0.25) is 0 Å². The molecule has 0 heterocycles. The van der Waals surface area contributed by atoms with Crippen molar-refractivity contribution in [1.29, 1.82) is 5.26 Å². The Morgan fingerprint density at radius 1 is 0.938 bits per heavy atom. The van der Waals surface area contributed by atoms with Gasteiger partial charge in [0.15, 0.2) is 0 Å². The molecule has 6 nitrogen and oxygen atoms in total. The molecule has 0 fully saturated rings. The monoisotopic (exact) mass is 433 g/mol. The van der Waals surface area contributed by atoms with Crippen molar-refractivity contribution in [3.05, 3.63) is 77.9 Å². The highest BCUT2D eigenvalue weighted by Crippen LogP contribution is 2.18. The summed E-state index contributed by atoms with van der Waals surface area (Å²) in [5, 5.41) is 8.79. The fourth-order valence-corrected chi connectivity index (χ4v) is 2.62. The number of hydrogen-bond acceptors (Lipinski definition) is 6. The standard InChI is InChI=1S/C26H27NO5/c1-20(2)26(29)31-18-6-4-3-5-17-30-23-12-14-24(15-13-23)32-25(28)16-11-21-7-9-22(19-27)10-8-21/h7-16H,1,3-6,17-18H2,2H3/b16-11+. The quantitative estimate of drug-likeness (QED) is 0.197. The Morgan fingerprint density at radius 3 is 2.19 bits per heavy atom. The number of carbonyl (C=O) groups excluding carboxylic acids is 2. The maximum atomic E-state index is 12.0. The first-order valence-corrected chi connectivity index (χ1v) is 10.4. The topological polar surface area (TPSA) is 85.6 Å². The number of benzene rings is 2. The van der Waals surface area contributed by atoms with Crippen molar-refractivity contribution in [3.8, 4) is 17.6 Å². The van der Waals surface area contributed by atoms with Crippen molar-refractivity contribution in [3.63, 3.8) is 0 Å². The van der Waals surface area contributed by atoms with Crippen LogP contribution in [0.25, 0.3) is 6.08 Å². The summed E-state index contributed by atoms with van der Waals surface area (Å²) in [4.78, 5) is 23.2. The Bertz CT molecular complexity index is 969. The van der Waals surface area contributed by atoms with E-state index >= 15 is 0 Å². The van der Waals surface area contributed by atoms with Gasteiger partial charge >= 0.3 is 11.9 Å². The number of nitrogens with zero attached hydrogens (tertiary/aromatic N) is 1. The summed E-state index contributed by atoms with van der Waals surface area (Å²) in [5.74, 6) is 0.297. The molecular weight excluding hydrogens is 406 g/mol. The van der Waals surface area contributed by atoms with E-state index in [1.54, 1.807) is 61.5 Å². The van der Waals surface area contributed by atoms with E-state index in [1.807, 2.05) is 6.07 Å². The zero-order valence-corrected chi connectivity index (χ0v) is 18.2. The van der Waals surface area contributed by atoms with Crippen LogP contribution in [0.5, 0.6) is 11.5 Å². The van der Waals surface area contributed by atoms with Crippen molar-refractivity contribution >= 4 is 18.0 Å². The van der Waals surface area contributed by atoms with Crippen LogP contribution in [-0.2, 0) is 14.3 Å². The van der Waals surface area contributed by atoms with Gasteiger partial charge in [-0.05, 0) is 80.6 Å². The van der Waals surface area contributed by atoms with Crippen LogP contribution < -0.4 is 9.47 Å². The smallest absolute Gasteiger partial charge is 0.336 e. The van der Waals surface area contributed by atoms with Gasteiger partial charge < -0.3 is 14.2 Å². The van der Waals surface area contributed by atoms with Gasteiger partial charge in [0.2, 0.25) is 0 Å². The Hall–Kier alpha value is -3.85. The van der Waals surface area contributed by atoms with E-state index in [9.17, 15) is 9.59 Å². The molecule has 0 radical (unpaired) electrons. The van der Waals surface area contributed by atoms with Gasteiger partial charge in [-0.25, -0.2) is 9.59 Å². The molecule has 0 saturated carbocycles. The zero-order valence-electron chi connectivity index (χ0n) is 18.2. The van der Waals surface area contributed by atoms with Crippen LogP contribution in [0.1, 0.15) is 43.7 Å². The molecule has 0 saturated heterocycles. The van der Waals surface area contributed by atoms with Gasteiger partial charge in [0, 0.05) is 11.6 Å². The van der Waals surface area contributed by atoms with E-state index in [4.69, 9.17) is 19.5 Å². The third-order valence-electron chi connectivity index (χ3n) is 4.38. The summed E-state index contributed by atoms with van der Waals surface area (Å²) in [6.07, 6.45) is 6.62. The van der Waals surface area contributed by atoms with Gasteiger partial charge in [0.25, 0.3) is 0 Å². The summed E-state index contributed by atoms with van der Waals surface area (Å²) in [5.41, 5.74) is 1.78. The van der Waals surface area contributed by atoms with Crippen LogP contribution in [-0.4, -0.2) is 25.2 Å². The van der Waals surface area contributed by atoms with Crippen molar-refractivity contribution in [2.24, 2.45) is 0 Å². The highest BCUT2D eigenvalue weighted by Gasteiger charge is 2.03. The van der Waals surface area contributed by atoms with E-state index in [0.717, 1.165) is 31.2 Å². The average Bonchev–Trinajstić information content (AvgIpc) is 2.80. The molecule has 0 spiro atoms. The Labute approximate surface area is 188 Å². The lowest BCUT2D eigenvalue weighted by molar-refractivity contribution is -0.139. The molecule has 2 rings (SSSR count). The minimum atomic E-state index is -0.489. The SMILES string of the molecule is C=C(C)C(=O)OCCCCCCOc1ccc(OC(=O)/C=C/c2ccc(C#N)cc2)cc1. The highest BCUT2D eigenvalue weighted by atomic mass is 16.5. The number of unbranched alkanes of at least 4 members (excludes halogenated alkanes) is 3. The maximum Gasteiger partial charge on any atom is 0.336 e. The summed E-state index contributed by atoms with van der Waals surface area (Å²) in [6, 6.07) is 15.8. The fraction of sp³-hybridized carbons (Fsp3) is 0.269. The van der Waals surface area contributed by atoms with Crippen molar-refractivity contribution < 1.29 is 23.8 Å². The largest absolute Gasteiger partial charge is 0.494 e. The normalized spacial score (nSPS) is 10.4. The number of ether oxygens (including phenoxy) is 3. The van der Waals surface area contributed by atoms with E-state index in [0.29, 0.717) is 35.8 Å². The lowest BCUT2D eigenvalue weighted by Gasteiger charge is -2.07. The second-order valence-corrected chi connectivity index (χ2v) is 7.14. The van der Waals surface area contributed by atoms with Crippen LogP contribution in [0.2, 0.25) is 0 Å². The first-order valence-electron chi connectivity index (χ1n) is 10.4. The van der Waals surface area contributed by atoms with Crippen LogP contribution in [0.4, 0.5) is 0 Å². The summed E-state index contributed by atoms with van der Waals surface area (Å²) in [6.45, 7) is 6.17. The molecule has 0 aliphatic heterocycles. The predicted molar refractivity (Wildman–Crippen MR) is 122 cm³/mol. The summed E-state index contributed by atoms with van der Waals surface area (Å²) < 4.78 is 16.0. The Morgan fingerprint density at radius 2 is 1.56 bits per heavy atom. The van der Waals surface area contributed by atoms with Crippen molar-refractivity contribution in [2.45, 2.75) is 32.6 Å². The molecule has 0 bridgehead atoms. The van der Waals surface area contributed by atoms with Crippen LogP contribution in [0, 0.1) is 11.3 Å². The number of carbonyl (C=O) groups is 2. The highest BCUT2D eigenvalue weighted by molar-refractivity contribution is 5.88. The first-order chi connectivity index (χ1) is 15.5. The molecule has 0 aliphatic carbocycles.